The van der Waals surface area contributed by atoms with Crippen LogP contribution in [0.1, 0.15) is 13.8 Å². The number of benzene rings is 2. The molecular weight excluding hydrogens is 404 g/mol. The minimum Gasteiger partial charge on any atom is -0.495 e. The first-order valence-corrected chi connectivity index (χ1v) is 10.5. The zero-order valence-electron chi connectivity index (χ0n) is 15.9. The highest BCUT2D eigenvalue weighted by atomic mass is 35.5. The number of hydrogen-bond acceptors (Lipinski definition) is 5. The predicted molar refractivity (Wildman–Crippen MR) is 109 cm³/mol. The normalized spacial score (nSPS) is 11.3. The Kier molecular flexibility index (Phi) is 7.68. The summed E-state index contributed by atoms with van der Waals surface area (Å²) in [5.74, 6) is 0.414. The van der Waals surface area contributed by atoms with Crippen LogP contribution in [0, 0.1) is 0 Å². The summed E-state index contributed by atoms with van der Waals surface area (Å²) in [4.78, 5) is 12.5. The lowest BCUT2D eigenvalue weighted by molar-refractivity contribution is -0.116. The van der Waals surface area contributed by atoms with Crippen LogP contribution in [-0.2, 0) is 14.8 Å². The van der Waals surface area contributed by atoms with Crippen LogP contribution in [0.15, 0.2) is 47.4 Å². The highest BCUT2D eigenvalue weighted by molar-refractivity contribution is 7.89. The van der Waals surface area contributed by atoms with Gasteiger partial charge in [-0.3, -0.25) is 4.79 Å². The molecule has 0 saturated heterocycles. The van der Waals surface area contributed by atoms with Gasteiger partial charge in [0.1, 0.15) is 11.5 Å². The molecule has 0 saturated carbocycles. The number of ether oxygens (including phenoxy) is 2. The zero-order valence-corrected chi connectivity index (χ0v) is 17.5. The van der Waals surface area contributed by atoms with Crippen molar-refractivity contribution in [1.82, 2.24) is 4.31 Å². The van der Waals surface area contributed by atoms with Gasteiger partial charge in [0.25, 0.3) is 0 Å². The van der Waals surface area contributed by atoms with Crippen LogP contribution in [0.3, 0.4) is 0 Å². The minimum absolute atomic E-state index is 0.0114. The fourth-order valence-electron chi connectivity index (χ4n) is 2.52. The van der Waals surface area contributed by atoms with Crippen LogP contribution in [0.25, 0.3) is 0 Å². The van der Waals surface area contributed by atoms with E-state index in [0.717, 1.165) is 4.31 Å². The van der Waals surface area contributed by atoms with Crippen LogP contribution < -0.4 is 14.8 Å². The summed E-state index contributed by atoms with van der Waals surface area (Å²) >= 11 is 6.04. The summed E-state index contributed by atoms with van der Waals surface area (Å²) in [5.41, 5.74) is 0.482. The van der Waals surface area contributed by atoms with Gasteiger partial charge in [-0.1, -0.05) is 30.7 Å². The van der Waals surface area contributed by atoms with E-state index in [0.29, 0.717) is 23.8 Å². The second-order valence-corrected chi connectivity index (χ2v) is 8.05. The minimum atomic E-state index is -3.91. The average Bonchev–Trinajstić information content (AvgIpc) is 2.67. The molecule has 0 unspecified atom stereocenters. The highest BCUT2D eigenvalue weighted by Crippen LogP contribution is 2.28. The van der Waals surface area contributed by atoms with Crippen molar-refractivity contribution in [2.24, 2.45) is 0 Å². The van der Waals surface area contributed by atoms with Gasteiger partial charge < -0.3 is 14.8 Å². The van der Waals surface area contributed by atoms with Gasteiger partial charge >= 0.3 is 0 Å². The molecule has 0 bridgehead atoms. The molecule has 2 rings (SSSR count). The van der Waals surface area contributed by atoms with E-state index in [4.69, 9.17) is 21.1 Å². The van der Waals surface area contributed by atoms with Crippen molar-refractivity contribution in [2.45, 2.75) is 18.7 Å². The number of carbonyl (C=O) groups excluding carboxylic acids is 1. The van der Waals surface area contributed by atoms with Crippen LogP contribution in [0.2, 0.25) is 5.02 Å². The first-order chi connectivity index (χ1) is 13.3. The van der Waals surface area contributed by atoms with E-state index in [-0.39, 0.29) is 23.0 Å². The molecule has 2 aromatic rings. The van der Waals surface area contributed by atoms with E-state index in [2.05, 4.69) is 5.32 Å². The van der Waals surface area contributed by atoms with Gasteiger partial charge in [0, 0.05) is 6.54 Å². The molecule has 1 amide bonds. The molecule has 0 atom stereocenters. The van der Waals surface area contributed by atoms with Crippen molar-refractivity contribution in [3.8, 4) is 11.5 Å². The topological polar surface area (TPSA) is 84.9 Å². The predicted octanol–water partition coefficient (Wildman–Crippen LogP) is 3.40. The van der Waals surface area contributed by atoms with Crippen molar-refractivity contribution >= 4 is 33.2 Å². The summed E-state index contributed by atoms with van der Waals surface area (Å²) in [6.45, 7) is 3.71. The van der Waals surface area contributed by atoms with Gasteiger partial charge in [0.15, 0.2) is 0 Å². The molecule has 1 N–H and O–H groups in total. The molecule has 0 fully saturated rings. The van der Waals surface area contributed by atoms with Crippen molar-refractivity contribution in [3.05, 3.63) is 47.5 Å². The zero-order chi connectivity index (χ0) is 20.7. The van der Waals surface area contributed by atoms with Crippen LogP contribution in [0.5, 0.6) is 11.5 Å². The molecule has 0 aromatic heterocycles. The molecule has 0 aliphatic heterocycles. The Bertz CT molecular complexity index is 934. The molecule has 2 aromatic carbocycles. The maximum Gasteiger partial charge on any atom is 0.243 e. The SMILES string of the molecule is CCOc1ccccc1NC(=O)CN(CC)S(=O)(=O)c1ccc(OC)c(Cl)c1. The molecule has 28 heavy (non-hydrogen) atoms. The number of hydrogen-bond donors (Lipinski definition) is 1. The molecule has 7 nitrogen and oxygen atoms in total. The smallest absolute Gasteiger partial charge is 0.243 e. The highest BCUT2D eigenvalue weighted by Gasteiger charge is 2.26. The van der Waals surface area contributed by atoms with Crippen LogP contribution >= 0.6 is 11.6 Å². The third kappa shape index (κ3) is 5.15. The number of amides is 1. The van der Waals surface area contributed by atoms with Gasteiger partial charge in [0.2, 0.25) is 15.9 Å². The molecule has 0 spiro atoms. The summed E-state index contributed by atoms with van der Waals surface area (Å²) in [5, 5.41) is 2.87. The Balaban J connectivity index is 2.19. The van der Waals surface area contributed by atoms with E-state index in [1.165, 1.54) is 25.3 Å². The first-order valence-electron chi connectivity index (χ1n) is 8.68. The number of rotatable bonds is 9. The fourth-order valence-corrected chi connectivity index (χ4v) is 4.28. The van der Waals surface area contributed by atoms with Gasteiger partial charge in [-0.2, -0.15) is 4.31 Å². The van der Waals surface area contributed by atoms with Gasteiger partial charge in [0.05, 0.1) is 35.9 Å². The molecular formula is C19H23ClN2O5S. The Morgan fingerprint density at radius 2 is 1.86 bits per heavy atom. The summed E-state index contributed by atoms with van der Waals surface area (Å²) < 4.78 is 37.4. The maximum atomic E-state index is 12.9. The number of halogens is 1. The standard InChI is InChI=1S/C19H23ClN2O5S/c1-4-22(28(24,25)14-10-11-17(26-3)15(20)12-14)13-19(23)21-16-8-6-7-9-18(16)27-5-2/h6-12H,4-5,13H2,1-3H3,(H,21,23). The van der Waals surface area contributed by atoms with Crippen LogP contribution in [-0.4, -0.2) is 45.4 Å². The first kappa shape index (κ1) is 22.0. The lowest BCUT2D eigenvalue weighted by Gasteiger charge is -2.21. The molecule has 9 heteroatoms. The maximum absolute atomic E-state index is 12.9. The number of methoxy groups -OCH3 is 1. The third-order valence-corrected chi connectivity index (χ3v) is 6.11. The fraction of sp³-hybridized carbons (Fsp3) is 0.316. The van der Waals surface area contributed by atoms with E-state index in [9.17, 15) is 13.2 Å². The number of nitrogens with zero attached hydrogens (tertiary/aromatic N) is 1. The van der Waals surface area contributed by atoms with Crippen molar-refractivity contribution in [2.75, 3.05) is 32.1 Å². The molecule has 152 valence electrons. The van der Waals surface area contributed by atoms with Crippen LogP contribution in [0.4, 0.5) is 5.69 Å². The molecule has 0 radical (unpaired) electrons. The van der Waals surface area contributed by atoms with Crippen molar-refractivity contribution in [1.29, 1.82) is 0 Å². The summed E-state index contributed by atoms with van der Waals surface area (Å²) in [6.07, 6.45) is 0. The van der Waals surface area contributed by atoms with E-state index >= 15 is 0 Å². The lowest BCUT2D eigenvalue weighted by atomic mass is 10.3. The number of carbonyl (C=O) groups is 1. The van der Waals surface area contributed by atoms with Crippen molar-refractivity contribution in [3.63, 3.8) is 0 Å². The second kappa shape index (κ2) is 9.77. The number of nitrogens with one attached hydrogen (secondary N) is 1. The molecule has 0 aliphatic rings. The van der Waals surface area contributed by atoms with E-state index < -0.39 is 15.9 Å². The average molecular weight is 427 g/mol. The Morgan fingerprint density at radius 3 is 2.46 bits per heavy atom. The number of likely N-dealkylation sites (N-methyl/N-ethyl adjacent to an activating group) is 1. The summed E-state index contributed by atoms with van der Waals surface area (Å²) in [6, 6.07) is 11.1. The largest absolute Gasteiger partial charge is 0.495 e. The third-order valence-electron chi connectivity index (χ3n) is 3.89. The van der Waals surface area contributed by atoms with E-state index in [1.54, 1.807) is 31.2 Å². The van der Waals surface area contributed by atoms with Crippen molar-refractivity contribution < 1.29 is 22.7 Å². The number of sulfonamides is 1. The van der Waals surface area contributed by atoms with Gasteiger partial charge in [-0.25, -0.2) is 8.42 Å². The number of para-hydroxylation sites is 2. The molecule has 0 aliphatic carbocycles. The van der Waals surface area contributed by atoms with Gasteiger partial charge in [-0.05, 0) is 37.3 Å². The molecule has 0 heterocycles. The lowest BCUT2D eigenvalue weighted by Crippen LogP contribution is -2.37. The quantitative estimate of drug-likeness (QED) is 0.664. The van der Waals surface area contributed by atoms with Gasteiger partial charge in [-0.15, -0.1) is 0 Å². The second-order valence-electron chi connectivity index (χ2n) is 5.70. The van der Waals surface area contributed by atoms with E-state index in [1.807, 2.05) is 6.92 Å². The Labute approximate surface area is 170 Å². The number of anilines is 1. The monoisotopic (exact) mass is 426 g/mol. The Morgan fingerprint density at radius 1 is 1.14 bits per heavy atom. The Hall–Kier alpha value is -2.29. The summed E-state index contributed by atoms with van der Waals surface area (Å²) in [7, 11) is -2.46.